The van der Waals surface area contributed by atoms with E-state index in [2.05, 4.69) is 39.0 Å². The number of carbonyl (C=O) groups excluding carboxylic acids is 2. The predicted molar refractivity (Wildman–Crippen MR) is 159 cm³/mol. The monoisotopic (exact) mass is 551 g/mol. The molecule has 3 heterocycles. The molecule has 2 aliphatic heterocycles. The number of benzene rings is 3. The van der Waals surface area contributed by atoms with Gasteiger partial charge >= 0.3 is 0 Å². The molecule has 4 aromatic rings. The van der Waals surface area contributed by atoms with Crippen LogP contribution in [0.15, 0.2) is 66.7 Å². The van der Waals surface area contributed by atoms with Gasteiger partial charge in [-0.3, -0.25) is 9.59 Å². The number of ether oxygens (including phenoxy) is 1. The summed E-state index contributed by atoms with van der Waals surface area (Å²) in [5.41, 5.74) is 12.3. The Morgan fingerprint density at radius 3 is 2.56 bits per heavy atom. The van der Waals surface area contributed by atoms with E-state index in [0.717, 1.165) is 49.4 Å². The summed E-state index contributed by atoms with van der Waals surface area (Å²) in [6.45, 7) is 4.88. The Labute approximate surface area is 238 Å². The van der Waals surface area contributed by atoms with Crippen molar-refractivity contribution in [3.63, 3.8) is 0 Å². The van der Waals surface area contributed by atoms with Gasteiger partial charge in [-0.25, -0.2) is 4.68 Å². The third-order valence-electron chi connectivity index (χ3n) is 7.65. The number of para-hydroxylation sites is 1. The number of primary amides is 1. The number of piperazine rings is 1. The largest absolute Gasteiger partial charge is 0.496 e. The number of nitrogens with one attached hydrogen (secondary N) is 3. The first-order valence-corrected chi connectivity index (χ1v) is 13.8. The maximum absolute atomic E-state index is 12.7. The Bertz CT molecular complexity index is 1590. The second-order valence-corrected chi connectivity index (χ2v) is 10.2. The zero-order valence-corrected chi connectivity index (χ0v) is 22.9. The van der Waals surface area contributed by atoms with Crippen LogP contribution in [-0.2, 0) is 19.5 Å². The van der Waals surface area contributed by atoms with Crippen molar-refractivity contribution < 1.29 is 14.3 Å². The summed E-state index contributed by atoms with van der Waals surface area (Å²) in [6, 6.07) is 21.1. The molecule has 41 heavy (non-hydrogen) atoms. The molecule has 2 aliphatic rings. The van der Waals surface area contributed by atoms with E-state index in [1.807, 2.05) is 35.0 Å². The molecule has 3 aromatic carbocycles. The van der Waals surface area contributed by atoms with E-state index < -0.39 is 5.91 Å². The highest BCUT2D eigenvalue weighted by atomic mass is 16.5. The Balaban J connectivity index is 1.21. The van der Waals surface area contributed by atoms with Gasteiger partial charge in [0.05, 0.1) is 12.7 Å². The third-order valence-corrected chi connectivity index (χ3v) is 7.65. The van der Waals surface area contributed by atoms with E-state index in [1.165, 1.54) is 11.3 Å². The molecule has 0 radical (unpaired) electrons. The van der Waals surface area contributed by atoms with Gasteiger partial charge in [0.15, 0.2) is 0 Å². The topological polar surface area (TPSA) is 127 Å². The number of methoxy groups -OCH3 is 1. The van der Waals surface area contributed by atoms with Crippen LogP contribution in [-0.4, -0.2) is 54.9 Å². The highest BCUT2D eigenvalue weighted by molar-refractivity contribution is 6.04. The summed E-state index contributed by atoms with van der Waals surface area (Å²) in [7, 11) is 1.54. The van der Waals surface area contributed by atoms with Crippen molar-refractivity contribution in [3.05, 3.63) is 89.0 Å². The number of nitrogens with two attached hydrogens (primary N) is 1. The van der Waals surface area contributed by atoms with Gasteiger partial charge in [0, 0.05) is 56.2 Å². The van der Waals surface area contributed by atoms with Crippen LogP contribution in [0, 0.1) is 0 Å². The van der Waals surface area contributed by atoms with Crippen molar-refractivity contribution in [2.24, 2.45) is 5.73 Å². The number of hydrogen-bond acceptors (Lipinski definition) is 7. The molecule has 2 amide bonds. The van der Waals surface area contributed by atoms with Crippen LogP contribution >= 0.6 is 0 Å². The number of aryl methyl sites for hydroxylation is 2. The van der Waals surface area contributed by atoms with Crippen molar-refractivity contribution >= 4 is 29.0 Å². The average molecular weight is 552 g/mol. The lowest BCUT2D eigenvalue weighted by molar-refractivity contribution is 0.0946. The van der Waals surface area contributed by atoms with Gasteiger partial charge in [-0.1, -0.05) is 36.4 Å². The van der Waals surface area contributed by atoms with E-state index in [-0.39, 0.29) is 5.91 Å². The first-order chi connectivity index (χ1) is 20.0. The smallest absolute Gasteiger partial charge is 0.255 e. The number of amides is 2. The first-order valence-electron chi connectivity index (χ1n) is 13.8. The fourth-order valence-electron chi connectivity index (χ4n) is 5.46. The summed E-state index contributed by atoms with van der Waals surface area (Å²) in [6.07, 6.45) is 0.777. The van der Waals surface area contributed by atoms with E-state index in [0.29, 0.717) is 41.5 Å². The zero-order valence-electron chi connectivity index (χ0n) is 22.9. The number of nitrogens with zero attached hydrogens (tertiary/aromatic N) is 3. The van der Waals surface area contributed by atoms with E-state index in [4.69, 9.17) is 15.6 Å². The second kappa shape index (κ2) is 11.3. The third kappa shape index (κ3) is 5.33. The molecule has 1 aromatic heterocycles. The molecule has 0 saturated carbocycles. The molecular formula is C31H33N7O3. The lowest BCUT2D eigenvalue weighted by Gasteiger charge is -2.30. The maximum Gasteiger partial charge on any atom is 0.255 e. The number of anilines is 3. The zero-order chi connectivity index (χ0) is 28.3. The molecule has 6 rings (SSSR count). The minimum Gasteiger partial charge on any atom is -0.496 e. The molecule has 0 unspecified atom stereocenters. The molecule has 10 nitrogen and oxygen atoms in total. The number of aromatic nitrogens is 2. The van der Waals surface area contributed by atoms with Crippen LogP contribution in [0.25, 0.3) is 11.3 Å². The normalized spacial score (nSPS) is 14.3. The number of rotatable bonds is 7. The Hall–Kier alpha value is -4.83. The standard InChI is InChI=1S/C31H33N7O3/c1-41-26-5-3-2-4-24(26)31(40)34-19-20-6-8-21(9-7-20)28-27(29(32)39)30-35-25-11-10-23(37-16-13-33-14-17-37)18-22(25)12-15-38(30)36-28/h2-11,18,33,35H,12-17,19H2,1H3,(H2,32,39)(H,34,40). The van der Waals surface area contributed by atoms with Crippen LogP contribution < -0.4 is 31.3 Å². The van der Waals surface area contributed by atoms with E-state index in [9.17, 15) is 9.59 Å². The summed E-state index contributed by atoms with van der Waals surface area (Å²) in [5.74, 6) is 0.374. The Kier molecular flexibility index (Phi) is 7.30. The Morgan fingerprint density at radius 1 is 1.02 bits per heavy atom. The van der Waals surface area contributed by atoms with Crippen molar-refractivity contribution in [3.8, 4) is 17.0 Å². The lowest BCUT2D eigenvalue weighted by atomic mass is 10.0. The van der Waals surface area contributed by atoms with Gasteiger partial charge in [0.1, 0.15) is 22.8 Å². The first kappa shape index (κ1) is 26.4. The lowest BCUT2D eigenvalue weighted by Crippen LogP contribution is -2.43. The summed E-state index contributed by atoms with van der Waals surface area (Å²) < 4.78 is 7.12. The minimum atomic E-state index is -0.539. The molecule has 1 saturated heterocycles. The van der Waals surface area contributed by atoms with E-state index >= 15 is 0 Å². The van der Waals surface area contributed by atoms with Crippen molar-refractivity contribution in [2.75, 3.05) is 43.5 Å². The molecule has 10 heteroatoms. The highest BCUT2D eigenvalue weighted by Crippen LogP contribution is 2.35. The molecule has 210 valence electrons. The highest BCUT2D eigenvalue weighted by Gasteiger charge is 2.26. The quantitative estimate of drug-likeness (QED) is 0.278. The van der Waals surface area contributed by atoms with Crippen molar-refractivity contribution in [2.45, 2.75) is 19.5 Å². The van der Waals surface area contributed by atoms with Gasteiger partial charge in [0.25, 0.3) is 11.8 Å². The Morgan fingerprint density at radius 2 is 1.80 bits per heavy atom. The van der Waals surface area contributed by atoms with Crippen LogP contribution in [0.1, 0.15) is 31.8 Å². The number of hydrogen-bond donors (Lipinski definition) is 4. The molecule has 0 bridgehead atoms. The average Bonchev–Trinajstić information content (AvgIpc) is 3.28. The fourth-order valence-corrected chi connectivity index (χ4v) is 5.46. The fraction of sp³-hybridized carbons (Fsp3) is 0.258. The molecule has 1 fully saturated rings. The van der Waals surface area contributed by atoms with Gasteiger partial charge in [0.2, 0.25) is 0 Å². The van der Waals surface area contributed by atoms with Crippen LogP contribution in [0.4, 0.5) is 17.2 Å². The molecule has 0 aliphatic carbocycles. The summed E-state index contributed by atoms with van der Waals surface area (Å²) in [5, 5.41) is 14.6. The molecule has 0 spiro atoms. The van der Waals surface area contributed by atoms with Gasteiger partial charge < -0.3 is 31.3 Å². The number of fused-ring (bicyclic) bond motifs is 2. The second-order valence-electron chi connectivity index (χ2n) is 10.2. The van der Waals surface area contributed by atoms with Crippen molar-refractivity contribution in [1.29, 1.82) is 0 Å². The molecule has 5 N–H and O–H groups in total. The SMILES string of the molecule is COc1ccccc1C(=O)NCc1ccc(-c2nn3c(c2C(N)=O)Nc2ccc(N4CCNCC4)cc2CC3)cc1. The van der Waals surface area contributed by atoms with Crippen molar-refractivity contribution in [1.82, 2.24) is 20.4 Å². The van der Waals surface area contributed by atoms with Crippen LogP contribution in [0.2, 0.25) is 0 Å². The molecule has 0 atom stereocenters. The summed E-state index contributed by atoms with van der Waals surface area (Å²) in [4.78, 5) is 27.8. The van der Waals surface area contributed by atoms with Crippen LogP contribution in [0.3, 0.4) is 0 Å². The van der Waals surface area contributed by atoms with E-state index in [1.54, 1.807) is 25.3 Å². The number of carbonyl (C=O) groups is 2. The minimum absolute atomic E-state index is 0.216. The van der Waals surface area contributed by atoms with Gasteiger partial charge in [-0.05, 0) is 47.9 Å². The predicted octanol–water partition coefficient (Wildman–Crippen LogP) is 3.30. The van der Waals surface area contributed by atoms with Crippen LogP contribution in [0.5, 0.6) is 5.75 Å². The van der Waals surface area contributed by atoms with Gasteiger partial charge in [-0.2, -0.15) is 5.10 Å². The molecular weight excluding hydrogens is 518 g/mol. The van der Waals surface area contributed by atoms with Gasteiger partial charge in [-0.15, -0.1) is 0 Å². The summed E-state index contributed by atoms with van der Waals surface area (Å²) >= 11 is 0. The maximum atomic E-state index is 12.7.